The fourth-order valence-corrected chi connectivity index (χ4v) is 3.28. The van der Waals surface area contributed by atoms with Crippen LogP contribution in [0.4, 0.5) is 0 Å². The van der Waals surface area contributed by atoms with Crippen LogP contribution in [0.5, 0.6) is 0 Å². The first-order chi connectivity index (χ1) is 13.1. The monoisotopic (exact) mass is 380 g/mol. The maximum atomic E-state index is 12.3. The summed E-state index contributed by atoms with van der Waals surface area (Å²) in [5, 5.41) is 0.450. The van der Waals surface area contributed by atoms with Crippen molar-refractivity contribution >= 4 is 23.4 Å². The van der Waals surface area contributed by atoms with Gasteiger partial charge in [0.2, 0.25) is 0 Å². The lowest BCUT2D eigenvalue weighted by atomic mass is 10.1. The fraction of sp³-hybridized carbons (Fsp3) is 0.200. The summed E-state index contributed by atoms with van der Waals surface area (Å²) < 4.78 is 1.99. The number of carbonyl (C=O) groups excluding carboxylic acids is 2. The zero-order valence-corrected chi connectivity index (χ0v) is 15.3. The fourth-order valence-electron chi connectivity index (χ4n) is 3.17. The molecule has 0 radical (unpaired) electrons. The highest BCUT2D eigenvalue weighted by Crippen LogP contribution is 2.23. The average molecular weight is 381 g/mol. The van der Waals surface area contributed by atoms with Gasteiger partial charge in [0.15, 0.2) is 0 Å². The van der Waals surface area contributed by atoms with Crippen LogP contribution in [0.1, 0.15) is 33.6 Å². The van der Waals surface area contributed by atoms with Gasteiger partial charge in [-0.25, -0.2) is 9.97 Å². The first kappa shape index (κ1) is 17.4. The number of aromatic nitrogens is 3. The standard InChI is InChI=1S/C20H17ClN4O2/c21-18-8-7-14(11-22-18)17-12-24(13-23-17)9-3-4-10-25-19(26)15-5-1-2-6-16(15)20(25)27/h1-2,5-8,11-13H,3-4,9-10H2. The topological polar surface area (TPSA) is 68.1 Å². The van der Waals surface area contributed by atoms with Crippen molar-refractivity contribution in [2.24, 2.45) is 0 Å². The van der Waals surface area contributed by atoms with Crippen molar-refractivity contribution in [2.75, 3.05) is 6.54 Å². The molecular formula is C20H17ClN4O2. The van der Waals surface area contributed by atoms with Crippen molar-refractivity contribution in [2.45, 2.75) is 19.4 Å². The van der Waals surface area contributed by atoms with E-state index >= 15 is 0 Å². The van der Waals surface area contributed by atoms with Gasteiger partial charge in [0.1, 0.15) is 5.15 Å². The normalized spacial score (nSPS) is 13.3. The maximum Gasteiger partial charge on any atom is 0.261 e. The first-order valence-corrected chi connectivity index (χ1v) is 9.10. The van der Waals surface area contributed by atoms with Crippen LogP contribution < -0.4 is 0 Å². The molecule has 1 aliphatic heterocycles. The Labute approximate surface area is 161 Å². The van der Waals surface area contributed by atoms with E-state index < -0.39 is 0 Å². The number of halogens is 1. The SMILES string of the molecule is O=C1c2ccccc2C(=O)N1CCCCn1cnc(-c2ccc(Cl)nc2)c1. The van der Waals surface area contributed by atoms with Crippen LogP contribution in [0, 0.1) is 0 Å². The van der Waals surface area contributed by atoms with Crippen molar-refractivity contribution < 1.29 is 9.59 Å². The van der Waals surface area contributed by atoms with Crippen molar-refractivity contribution in [3.63, 3.8) is 0 Å². The maximum absolute atomic E-state index is 12.3. The van der Waals surface area contributed by atoms with Gasteiger partial charge in [-0.15, -0.1) is 0 Å². The predicted molar refractivity (Wildman–Crippen MR) is 102 cm³/mol. The smallest absolute Gasteiger partial charge is 0.261 e. The second kappa shape index (κ2) is 7.32. The minimum Gasteiger partial charge on any atom is -0.337 e. The molecule has 2 aromatic heterocycles. The van der Waals surface area contributed by atoms with Crippen molar-refractivity contribution in [1.29, 1.82) is 0 Å². The number of pyridine rings is 1. The third kappa shape index (κ3) is 3.48. The molecule has 1 aliphatic rings. The number of carbonyl (C=O) groups is 2. The molecule has 0 saturated carbocycles. The molecule has 27 heavy (non-hydrogen) atoms. The second-order valence-corrected chi connectivity index (χ2v) is 6.77. The third-order valence-electron chi connectivity index (χ3n) is 4.58. The number of rotatable bonds is 6. The molecule has 0 N–H and O–H groups in total. The molecule has 1 aromatic carbocycles. The number of hydrogen-bond acceptors (Lipinski definition) is 4. The van der Waals surface area contributed by atoms with Gasteiger partial charge in [-0.2, -0.15) is 0 Å². The lowest BCUT2D eigenvalue weighted by molar-refractivity contribution is 0.0651. The molecule has 0 fully saturated rings. The predicted octanol–water partition coefficient (Wildman–Crippen LogP) is 3.67. The van der Waals surface area contributed by atoms with Crippen LogP contribution in [-0.4, -0.2) is 37.8 Å². The van der Waals surface area contributed by atoms with Crippen molar-refractivity contribution in [3.8, 4) is 11.3 Å². The minimum absolute atomic E-state index is 0.198. The van der Waals surface area contributed by atoms with E-state index in [2.05, 4.69) is 9.97 Å². The highest BCUT2D eigenvalue weighted by atomic mass is 35.5. The minimum atomic E-state index is -0.198. The molecule has 0 unspecified atom stereocenters. The zero-order valence-electron chi connectivity index (χ0n) is 14.5. The van der Waals surface area contributed by atoms with Crippen LogP contribution >= 0.6 is 11.6 Å². The van der Waals surface area contributed by atoms with Crippen LogP contribution in [0.25, 0.3) is 11.3 Å². The van der Waals surface area contributed by atoms with Crippen molar-refractivity contribution in [3.05, 3.63) is 71.4 Å². The van der Waals surface area contributed by atoms with E-state index in [9.17, 15) is 9.59 Å². The number of imide groups is 1. The molecular weight excluding hydrogens is 364 g/mol. The molecule has 0 spiro atoms. The molecule has 6 nitrogen and oxygen atoms in total. The summed E-state index contributed by atoms with van der Waals surface area (Å²) in [4.78, 5) is 34.4. The number of imidazole rings is 1. The average Bonchev–Trinajstić information content (AvgIpc) is 3.25. The summed E-state index contributed by atoms with van der Waals surface area (Å²) in [6, 6.07) is 10.6. The van der Waals surface area contributed by atoms with Crippen LogP contribution in [-0.2, 0) is 6.54 Å². The highest BCUT2D eigenvalue weighted by Gasteiger charge is 2.34. The summed E-state index contributed by atoms with van der Waals surface area (Å²) in [5.74, 6) is -0.397. The van der Waals surface area contributed by atoms with Gasteiger partial charge in [-0.05, 0) is 37.1 Å². The van der Waals surface area contributed by atoms with Gasteiger partial charge in [-0.1, -0.05) is 23.7 Å². The van der Waals surface area contributed by atoms with Crippen LogP contribution in [0.2, 0.25) is 5.15 Å². The molecule has 3 aromatic rings. The number of unbranched alkanes of at least 4 members (excludes halogenated alkanes) is 1. The molecule has 0 aliphatic carbocycles. The van der Waals surface area contributed by atoms with E-state index in [4.69, 9.17) is 11.6 Å². The molecule has 4 rings (SSSR count). The Morgan fingerprint density at radius 1 is 0.889 bits per heavy atom. The van der Waals surface area contributed by atoms with E-state index in [-0.39, 0.29) is 11.8 Å². The van der Waals surface area contributed by atoms with Gasteiger partial charge >= 0.3 is 0 Å². The lowest BCUT2D eigenvalue weighted by Gasteiger charge is -2.13. The first-order valence-electron chi connectivity index (χ1n) is 8.72. The summed E-state index contributed by atoms with van der Waals surface area (Å²) >= 11 is 5.80. The van der Waals surface area contributed by atoms with Crippen molar-refractivity contribution in [1.82, 2.24) is 19.4 Å². The van der Waals surface area contributed by atoms with Gasteiger partial charge in [-0.3, -0.25) is 14.5 Å². The highest BCUT2D eigenvalue weighted by molar-refractivity contribution is 6.29. The van der Waals surface area contributed by atoms with E-state index in [1.807, 2.05) is 16.8 Å². The number of hydrogen-bond donors (Lipinski definition) is 0. The number of benzene rings is 1. The molecule has 136 valence electrons. The van der Waals surface area contributed by atoms with Gasteiger partial charge in [0, 0.05) is 31.0 Å². The molecule has 0 atom stereocenters. The van der Waals surface area contributed by atoms with E-state index in [0.717, 1.165) is 30.6 Å². The summed E-state index contributed by atoms with van der Waals surface area (Å²) in [7, 11) is 0. The molecule has 0 bridgehead atoms. The van der Waals surface area contributed by atoms with Crippen LogP contribution in [0.15, 0.2) is 55.1 Å². The Bertz CT molecular complexity index is 962. The van der Waals surface area contributed by atoms with E-state index in [0.29, 0.717) is 22.8 Å². The number of aryl methyl sites for hydroxylation is 1. The van der Waals surface area contributed by atoms with E-state index in [1.165, 1.54) is 4.90 Å². The van der Waals surface area contributed by atoms with Gasteiger partial charge in [0.25, 0.3) is 11.8 Å². The summed E-state index contributed by atoms with van der Waals surface area (Å²) in [6.45, 7) is 1.19. The Balaban J connectivity index is 1.31. The quantitative estimate of drug-likeness (QED) is 0.371. The van der Waals surface area contributed by atoms with E-state index in [1.54, 1.807) is 42.9 Å². The number of nitrogens with zero attached hydrogens (tertiary/aromatic N) is 4. The third-order valence-corrected chi connectivity index (χ3v) is 4.81. The molecule has 0 saturated heterocycles. The Morgan fingerprint density at radius 3 is 2.26 bits per heavy atom. The zero-order chi connectivity index (χ0) is 18.8. The van der Waals surface area contributed by atoms with Crippen LogP contribution in [0.3, 0.4) is 0 Å². The molecule has 2 amide bonds. The Morgan fingerprint density at radius 2 is 1.59 bits per heavy atom. The largest absolute Gasteiger partial charge is 0.337 e. The number of fused-ring (bicyclic) bond motifs is 1. The Hall–Kier alpha value is -2.99. The summed E-state index contributed by atoms with van der Waals surface area (Å²) in [6.07, 6.45) is 6.99. The molecule has 3 heterocycles. The second-order valence-electron chi connectivity index (χ2n) is 6.38. The Kier molecular flexibility index (Phi) is 4.73. The lowest BCUT2D eigenvalue weighted by Crippen LogP contribution is -2.30. The van der Waals surface area contributed by atoms with Gasteiger partial charge in [0.05, 0.1) is 23.1 Å². The summed E-state index contributed by atoms with van der Waals surface area (Å²) in [5.41, 5.74) is 2.74. The molecule has 7 heteroatoms. The number of amides is 2. The van der Waals surface area contributed by atoms with Gasteiger partial charge < -0.3 is 4.57 Å².